The van der Waals surface area contributed by atoms with E-state index in [2.05, 4.69) is 4.74 Å². The van der Waals surface area contributed by atoms with Crippen molar-refractivity contribution >= 4 is 12.3 Å². The molecule has 0 heterocycles. The van der Waals surface area contributed by atoms with Gasteiger partial charge in [-0.05, 0) is 29.8 Å². The number of aldehydes is 1. The van der Waals surface area contributed by atoms with Gasteiger partial charge >= 0.3 is 5.97 Å². The number of esters is 1. The highest BCUT2D eigenvalue weighted by Crippen LogP contribution is 2.22. The number of carbonyl (C=O) groups is 2. The van der Waals surface area contributed by atoms with Crippen molar-refractivity contribution in [1.82, 2.24) is 0 Å². The molecule has 21 heavy (non-hydrogen) atoms. The molecule has 0 aliphatic heterocycles. The van der Waals surface area contributed by atoms with Gasteiger partial charge in [0.1, 0.15) is 6.61 Å². The zero-order chi connectivity index (χ0) is 15.2. The van der Waals surface area contributed by atoms with E-state index in [4.69, 9.17) is 4.74 Å². The van der Waals surface area contributed by atoms with Crippen molar-refractivity contribution in [3.05, 3.63) is 65.0 Å². The van der Waals surface area contributed by atoms with Crippen LogP contribution in [0.3, 0.4) is 0 Å². The summed E-state index contributed by atoms with van der Waals surface area (Å²) < 4.78 is 23.6. The first-order valence-electron chi connectivity index (χ1n) is 6.19. The number of halogens is 1. The van der Waals surface area contributed by atoms with Crippen LogP contribution in [0, 0.1) is 5.82 Å². The highest BCUT2D eigenvalue weighted by Gasteiger charge is 2.10. The second-order valence-corrected chi connectivity index (χ2v) is 4.25. The van der Waals surface area contributed by atoms with Gasteiger partial charge in [-0.25, -0.2) is 9.18 Å². The molecular formula is C16H13FO4. The molecule has 0 aliphatic carbocycles. The SMILES string of the molecule is COC(=O)c1ccc(COc2c(F)cccc2C=O)cc1. The number of rotatable bonds is 5. The number of carbonyl (C=O) groups excluding carboxylic acids is 2. The summed E-state index contributed by atoms with van der Waals surface area (Å²) in [4.78, 5) is 22.1. The number of ether oxygens (including phenoxy) is 2. The molecular weight excluding hydrogens is 275 g/mol. The number of methoxy groups -OCH3 is 1. The van der Waals surface area contributed by atoms with E-state index in [0.717, 1.165) is 5.56 Å². The average molecular weight is 288 g/mol. The third kappa shape index (κ3) is 3.45. The Kier molecular flexibility index (Phi) is 4.66. The first-order chi connectivity index (χ1) is 10.2. The lowest BCUT2D eigenvalue weighted by molar-refractivity contribution is 0.0600. The van der Waals surface area contributed by atoms with Gasteiger partial charge in [-0.3, -0.25) is 4.79 Å². The molecule has 0 unspecified atom stereocenters. The number of hydrogen-bond donors (Lipinski definition) is 0. The third-order valence-electron chi connectivity index (χ3n) is 2.88. The maximum atomic E-state index is 13.6. The van der Waals surface area contributed by atoms with Gasteiger partial charge in [-0.1, -0.05) is 18.2 Å². The van der Waals surface area contributed by atoms with Crippen LogP contribution in [-0.4, -0.2) is 19.4 Å². The van der Waals surface area contributed by atoms with E-state index in [1.807, 2.05) is 0 Å². The lowest BCUT2D eigenvalue weighted by atomic mass is 10.1. The van der Waals surface area contributed by atoms with E-state index < -0.39 is 11.8 Å². The monoisotopic (exact) mass is 288 g/mol. The van der Waals surface area contributed by atoms with Gasteiger partial charge in [0, 0.05) is 0 Å². The Labute approximate surface area is 121 Å². The summed E-state index contributed by atoms with van der Waals surface area (Å²) in [6.07, 6.45) is 0.540. The number of para-hydroxylation sites is 1. The Morgan fingerprint density at radius 2 is 1.90 bits per heavy atom. The lowest BCUT2D eigenvalue weighted by Gasteiger charge is -2.09. The largest absolute Gasteiger partial charge is 0.485 e. The Hall–Kier alpha value is -2.69. The van der Waals surface area contributed by atoms with Gasteiger partial charge in [-0.2, -0.15) is 0 Å². The van der Waals surface area contributed by atoms with E-state index >= 15 is 0 Å². The van der Waals surface area contributed by atoms with E-state index in [1.165, 1.54) is 25.3 Å². The first kappa shape index (κ1) is 14.7. The topological polar surface area (TPSA) is 52.6 Å². The van der Waals surface area contributed by atoms with Gasteiger partial charge in [0.2, 0.25) is 0 Å². The summed E-state index contributed by atoms with van der Waals surface area (Å²) in [7, 11) is 1.30. The molecule has 5 heteroatoms. The van der Waals surface area contributed by atoms with Gasteiger partial charge in [0.05, 0.1) is 18.2 Å². The van der Waals surface area contributed by atoms with Crippen molar-refractivity contribution < 1.29 is 23.5 Å². The fraction of sp³-hybridized carbons (Fsp3) is 0.125. The standard InChI is InChI=1S/C16H13FO4/c1-20-16(19)12-7-5-11(6-8-12)10-21-15-13(9-18)3-2-4-14(15)17/h2-9H,10H2,1H3. The van der Waals surface area contributed by atoms with Gasteiger partial charge in [-0.15, -0.1) is 0 Å². The van der Waals surface area contributed by atoms with Crippen LogP contribution in [0.15, 0.2) is 42.5 Å². The zero-order valence-electron chi connectivity index (χ0n) is 11.3. The maximum Gasteiger partial charge on any atom is 0.337 e. The Balaban J connectivity index is 2.10. The molecule has 0 bridgehead atoms. The normalized spacial score (nSPS) is 10.0. The Morgan fingerprint density at radius 3 is 2.52 bits per heavy atom. The molecule has 0 amide bonds. The molecule has 0 aromatic heterocycles. The molecule has 4 nitrogen and oxygen atoms in total. The van der Waals surface area contributed by atoms with Crippen LogP contribution >= 0.6 is 0 Å². The first-order valence-corrected chi connectivity index (χ1v) is 6.19. The molecule has 0 radical (unpaired) electrons. The summed E-state index contributed by atoms with van der Waals surface area (Å²) in [5, 5.41) is 0. The van der Waals surface area contributed by atoms with Crippen molar-refractivity contribution in [2.24, 2.45) is 0 Å². The van der Waals surface area contributed by atoms with E-state index in [0.29, 0.717) is 11.8 Å². The fourth-order valence-electron chi connectivity index (χ4n) is 1.78. The van der Waals surface area contributed by atoms with Crippen molar-refractivity contribution in [2.45, 2.75) is 6.61 Å². The fourth-order valence-corrected chi connectivity index (χ4v) is 1.78. The van der Waals surface area contributed by atoms with Crippen molar-refractivity contribution in [3.8, 4) is 5.75 Å². The van der Waals surface area contributed by atoms with Crippen molar-refractivity contribution in [1.29, 1.82) is 0 Å². The molecule has 0 aliphatic rings. The average Bonchev–Trinajstić information content (AvgIpc) is 2.53. The van der Waals surface area contributed by atoms with Gasteiger partial charge in [0.15, 0.2) is 17.9 Å². The van der Waals surface area contributed by atoms with E-state index in [-0.39, 0.29) is 17.9 Å². The van der Waals surface area contributed by atoms with Gasteiger partial charge in [0.25, 0.3) is 0 Å². The molecule has 0 saturated carbocycles. The van der Waals surface area contributed by atoms with E-state index in [1.54, 1.807) is 24.3 Å². The third-order valence-corrected chi connectivity index (χ3v) is 2.88. The molecule has 0 fully saturated rings. The number of benzene rings is 2. The molecule has 0 atom stereocenters. The smallest absolute Gasteiger partial charge is 0.337 e. The van der Waals surface area contributed by atoms with Crippen LogP contribution < -0.4 is 4.74 Å². The van der Waals surface area contributed by atoms with Crippen LogP contribution in [0.25, 0.3) is 0 Å². The zero-order valence-corrected chi connectivity index (χ0v) is 11.3. The highest BCUT2D eigenvalue weighted by molar-refractivity contribution is 5.89. The molecule has 0 saturated heterocycles. The summed E-state index contributed by atoms with van der Waals surface area (Å²) in [6.45, 7) is 0.0865. The van der Waals surface area contributed by atoms with Crippen LogP contribution in [0.1, 0.15) is 26.3 Å². The predicted octanol–water partition coefficient (Wildman–Crippen LogP) is 3.00. The maximum absolute atomic E-state index is 13.6. The molecule has 2 aromatic rings. The second kappa shape index (κ2) is 6.65. The van der Waals surface area contributed by atoms with Crippen LogP contribution in [0.5, 0.6) is 5.75 Å². The Morgan fingerprint density at radius 1 is 1.19 bits per heavy atom. The summed E-state index contributed by atoms with van der Waals surface area (Å²) >= 11 is 0. The van der Waals surface area contributed by atoms with Crippen LogP contribution in [-0.2, 0) is 11.3 Å². The summed E-state index contributed by atoms with van der Waals surface area (Å²) in [5.41, 5.74) is 1.31. The van der Waals surface area contributed by atoms with Crippen LogP contribution in [0.2, 0.25) is 0 Å². The Bertz CT molecular complexity index is 650. The molecule has 108 valence electrons. The van der Waals surface area contributed by atoms with Crippen molar-refractivity contribution in [2.75, 3.05) is 7.11 Å². The lowest BCUT2D eigenvalue weighted by Crippen LogP contribution is -2.03. The van der Waals surface area contributed by atoms with Crippen molar-refractivity contribution in [3.63, 3.8) is 0 Å². The molecule has 2 aromatic carbocycles. The van der Waals surface area contributed by atoms with Crippen LogP contribution in [0.4, 0.5) is 4.39 Å². The molecule has 0 spiro atoms. The second-order valence-electron chi connectivity index (χ2n) is 4.25. The molecule has 2 rings (SSSR count). The minimum atomic E-state index is -0.592. The number of hydrogen-bond acceptors (Lipinski definition) is 4. The predicted molar refractivity (Wildman–Crippen MR) is 73.9 cm³/mol. The molecule has 0 N–H and O–H groups in total. The quantitative estimate of drug-likeness (QED) is 0.627. The highest BCUT2D eigenvalue weighted by atomic mass is 19.1. The summed E-state index contributed by atoms with van der Waals surface area (Å²) in [5.74, 6) is -1.10. The minimum Gasteiger partial charge on any atom is -0.485 e. The summed E-state index contributed by atoms with van der Waals surface area (Å²) in [6, 6.07) is 10.7. The van der Waals surface area contributed by atoms with Gasteiger partial charge < -0.3 is 9.47 Å². The van der Waals surface area contributed by atoms with E-state index in [9.17, 15) is 14.0 Å². The minimum absolute atomic E-state index is 0.0791.